The molecule has 0 saturated heterocycles. The minimum Gasteiger partial charge on any atom is -0.479 e. The van der Waals surface area contributed by atoms with E-state index in [1.807, 2.05) is 49.4 Å². The smallest absolute Gasteiger partial charge is 0.261 e. The minimum atomic E-state index is -0.347. The lowest BCUT2D eigenvalue weighted by Gasteiger charge is -2.12. The summed E-state index contributed by atoms with van der Waals surface area (Å²) in [5, 5.41) is 6.94. The number of rotatable bonds is 5. The summed E-state index contributed by atoms with van der Waals surface area (Å²) in [5.41, 5.74) is 4.79. The maximum atomic E-state index is 13.1. The van der Waals surface area contributed by atoms with Crippen molar-refractivity contribution in [1.82, 2.24) is 15.1 Å². The van der Waals surface area contributed by atoms with Gasteiger partial charge in [0.15, 0.2) is 0 Å². The first-order chi connectivity index (χ1) is 14.6. The lowest BCUT2D eigenvalue weighted by molar-refractivity contribution is 0.102. The zero-order chi connectivity index (χ0) is 21.1. The van der Waals surface area contributed by atoms with Gasteiger partial charge in [-0.3, -0.25) is 9.78 Å². The number of ether oxygens (including phenoxy) is 1. The van der Waals surface area contributed by atoms with Crippen molar-refractivity contribution in [2.45, 2.75) is 13.8 Å². The molecule has 4 aromatic rings. The number of amides is 1. The second kappa shape index (κ2) is 8.16. The third kappa shape index (κ3) is 3.65. The summed E-state index contributed by atoms with van der Waals surface area (Å²) in [6.07, 6.45) is 3.49. The van der Waals surface area contributed by atoms with Gasteiger partial charge in [0, 0.05) is 23.5 Å². The van der Waals surface area contributed by atoms with Crippen LogP contribution in [0.25, 0.3) is 22.5 Å². The fourth-order valence-electron chi connectivity index (χ4n) is 3.22. The van der Waals surface area contributed by atoms with Crippen molar-refractivity contribution in [1.29, 1.82) is 0 Å². The van der Waals surface area contributed by atoms with Crippen molar-refractivity contribution in [2.24, 2.45) is 0 Å². The Bertz CT molecular complexity index is 1200. The van der Waals surface area contributed by atoms with Crippen LogP contribution in [0.5, 0.6) is 5.88 Å². The van der Waals surface area contributed by atoms with E-state index in [2.05, 4.69) is 20.4 Å². The van der Waals surface area contributed by atoms with Gasteiger partial charge in [-0.15, -0.1) is 0 Å². The van der Waals surface area contributed by atoms with Crippen LogP contribution in [0.3, 0.4) is 0 Å². The lowest BCUT2D eigenvalue weighted by atomic mass is 10.1. The summed E-state index contributed by atoms with van der Waals surface area (Å²) in [6, 6.07) is 14.9. The van der Waals surface area contributed by atoms with Gasteiger partial charge in [0.2, 0.25) is 5.88 Å². The summed E-state index contributed by atoms with van der Waals surface area (Å²) < 4.78 is 10.7. The molecule has 4 rings (SSSR count). The summed E-state index contributed by atoms with van der Waals surface area (Å²) in [4.78, 5) is 21.7. The molecule has 3 aromatic heterocycles. The fraction of sp³-hybridized carbons (Fsp3) is 0.130. The predicted molar refractivity (Wildman–Crippen MR) is 113 cm³/mol. The van der Waals surface area contributed by atoms with Crippen LogP contribution in [0.4, 0.5) is 5.69 Å². The third-order valence-electron chi connectivity index (χ3n) is 4.74. The summed E-state index contributed by atoms with van der Waals surface area (Å²) >= 11 is 0. The monoisotopic (exact) mass is 400 g/mol. The molecule has 30 heavy (non-hydrogen) atoms. The van der Waals surface area contributed by atoms with E-state index in [-0.39, 0.29) is 5.91 Å². The van der Waals surface area contributed by atoms with Crippen LogP contribution < -0.4 is 10.1 Å². The van der Waals surface area contributed by atoms with Gasteiger partial charge in [0.05, 0.1) is 12.8 Å². The average molecular weight is 400 g/mol. The largest absolute Gasteiger partial charge is 0.479 e. The quantitative estimate of drug-likeness (QED) is 0.523. The van der Waals surface area contributed by atoms with Gasteiger partial charge in [-0.25, -0.2) is 4.98 Å². The van der Waals surface area contributed by atoms with Crippen LogP contribution in [0.15, 0.2) is 65.4 Å². The highest BCUT2D eigenvalue weighted by atomic mass is 16.5. The number of nitrogens with zero attached hydrogens (tertiary/aromatic N) is 3. The number of methoxy groups -OCH3 is 1. The highest BCUT2D eigenvalue weighted by molar-refractivity contribution is 6.09. The number of benzene rings is 1. The number of nitrogens with one attached hydrogen (secondary N) is 1. The molecular formula is C23H20N4O3. The summed E-state index contributed by atoms with van der Waals surface area (Å²) in [7, 11) is 1.52. The van der Waals surface area contributed by atoms with Crippen molar-refractivity contribution in [3.05, 3.63) is 77.8 Å². The number of hydrogen-bond donors (Lipinski definition) is 1. The van der Waals surface area contributed by atoms with E-state index < -0.39 is 0 Å². The topological polar surface area (TPSA) is 90.1 Å². The lowest BCUT2D eigenvalue weighted by Crippen LogP contribution is -2.14. The maximum absolute atomic E-state index is 13.1. The van der Waals surface area contributed by atoms with Crippen molar-refractivity contribution >= 4 is 11.6 Å². The Hall–Kier alpha value is -4.00. The molecule has 7 heteroatoms. The highest BCUT2D eigenvalue weighted by Gasteiger charge is 2.23. The Morgan fingerprint density at radius 1 is 1.07 bits per heavy atom. The third-order valence-corrected chi connectivity index (χ3v) is 4.74. The van der Waals surface area contributed by atoms with E-state index in [0.717, 1.165) is 22.4 Å². The first-order valence-electron chi connectivity index (χ1n) is 9.37. The van der Waals surface area contributed by atoms with Gasteiger partial charge < -0.3 is 14.6 Å². The van der Waals surface area contributed by atoms with Crippen LogP contribution in [-0.2, 0) is 0 Å². The van der Waals surface area contributed by atoms with Gasteiger partial charge >= 0.3 is 0 Å². The molecule has 0 aliphatic carbocycles. The molecule has 0 atom stereocenters. The summed E-state index contributed by atoms with van der Waals surface area (Å²) in [6.45, 7) is 3.67. The van der Waals surface area contributed by atoms with Crippen molar-refractivity contribution in [3.8, 4) is 28.4 Å². The van der Waals surface area contributed by atoms with E-state index in [4.69, 9.17) is 9.26 Å². The van der Waals surface area contributed by atoms with Gasteiger partial charge in [-0.1, -0.05) is 35.5 Å². The van der Waals surface area contributed by atoms with E-state index >= 15 is 0 Å². The molecule has 0 bridgehead atoms. The molecule has 0 aliphatic heterocycles. The highest BCUT2D eigenvalue weighted by Crippen LogP contribution is 2.30. The Morgan fingerprint density at radius 2 is 1.87 bits per heavy atom. The van der Waals surface area contributed by atoms with Gasteiger partial charge in [0.1, 0.15) is 22.7 Å². The van der Waals surface area contributed by atoms with E-state index in [1.54, 1.807) is 25.4 Å². The molecule has 0 radical (unpaired) electrons. The number of pyridine rings is 2. The van der Waals surface area contributed by atoms with Gasteiger partial charge in [0.25, 0.3) is 5.91 Å². The van der Waals surface area contributed by atoms with Crippen LogP contribution in [0.1, 0.15) is 21.7 Å². The van der Waals surface area contributed by atoms with Crippen molar-refractivity contribution in [2.75, 3.05) is 12.4 Å². The maximum Gasteiger partial charge on any atom is 0.261 e. The number of aryl methyl sites for hydroxylation is 2. The normalized spacial score (nSPS) is 10.6. The molecule has 1 amide bonds. The van der Waals surface area contributed by atoms with Crippen LogP contribution in [-0.4, -0.2) is 28.1 Å². The molecule has 0 unspecified atom stereocenters. The first-order valence-corrected chi connectivity index (χ1v) is 9.37. The first kappa shape index (κ1) is 19.3. The van der Waals surface area contributed by atoms with Crippen LogP contribution in [0, 0.1) is 13.8 Å². The van der Waals surface area contributed by atoms with Crippen LogP contribution in [0.2, 0.25) is 0 Å². The fourth-order valence-corrected chi connectivity index (χ4v) is 3.22. The van der Waals surface area contributed by atoms with E-state index in [0.29, 0.717) is 28.6 Å². The zero-order valence-corrected chi connectivity index (χ0v) is 16.8. The Kier molecular flexibility index (Phi) is 5.26. The SMILES string of the molecule is COc1nc(-c2ccncc2C)ccc1NC(=O)c1c(-c2ccccc2)noc1C. The molecule has 0 fully saturated rings. The Balaban J connectivity index is 1.66. The molecule has 0 aliphatic rings. The number of hydrogen-bond acceptors (Lipinski definition) is 6. The summed E-state index contributed by atoms with van der Waals surface area (Å²) in [5.74, 6) is 0.398. The standard InChI is InChI=1S/C23H20N4O3/c1-14-13-24-12-11-17(14)18-9-10-19(23(26-18)29-3)25-22(28)20-15(2)30-27-21(20)16-7-5-4-6-8-16/h4-13H,1-3H3,(H,25,28). The molecule has 1 aromatic carbocycles. The second-order valence-corrected chi connectivity index (χ2v) is 6.73. The number of carbonyl (C=O) groups excluding carboxylic acids is 1. The molecule has 3 heterocycles. The van der Waals surface area contributed by atoms with Gasteiger partial charge in [-0.05, 0) is 37.6 Å². The second-order valence-electron chi connectivity index (χ2n) is 6.73. The zero-order valence-electron chi connectivity index (χ0n) is 16.8. The van der Waals surface area contributed by atoms with Gasteiger partial charge in [-0.2, -0.15) is 0 Å². The Morgan fingerprint density at radius 3 is 2.60 bits per heavy atom. The molecular weight excluding hydrogens is 380 g/mol. The Labute approximate surface area is 173 Å². The van der Waals surface area contributed by atoms with E-state index in [1.165, 1.54) is 7.11 Å². The molecule has 0 spiro atoms. The van der Waals surface area contributed by atoms with Crippen molar-refractivity contribution in [3.63, 3.8) is 0 Å². The molecule has 1 N–H and O–H groups in total. The van der Waals surface area contributed by atoms with Crippen molar-refractivity contribution < 1.29 is 14.1 Å². The number of carbonyl (C=O) groups is 1. The molecule has 150 valence electrons. The molecule has 0 saturated carbocycles. The van der Waals surface area contributed by atoms with E-state index in [9.17, 15) is 4.79 Å². The predicted octanol–water partition coefficient (Wildman–Crippen LogP) is 4.68. The van der Waals surface area contributed by atoms with Crippen LogP contribution >= 0.6 is 0 Å². The molecule has 7 nitrogen and oxygen atoms in total. The number of aromatic nitrogens is 3. The average Bonchev–Trinajstić information content (AvgIpc) is 3.16. The number of anilines is 1. The minimum absolute atomic E-state index is 0.312.